The zero-order chi connectivity index (χ0) is 19.1. The number of nitrogens with zero attached hydrogens (tertiary/aromatic N) is 3. The van der Waals surface area contributed by atoms with E-state index in [9.17, 15) is 14.0 Å². The van der Waals surface area contributed by atoms with Gasteiger partial charge in [0.05, 0.1) is 12.6 Å². The van der Waals surface area contributed by atoms with Crippen LogP contribution in [0.15, 0.2) is 24.3 Å². The van der Waals surface area contributed by atoms with Crippen LogP contribution in [0, 0.1) is 5.82 Å². The van der Waals surface area contributed by atoms with Crippen LogP contribution < -0.4 is 0 Å². The summed E-state index contributed by atoms with van der Waals surface area (Å²) in [7, 11) is 0. The lowest BCUT2D eigenvalue weighted by Crippen LogP contribution is -2.43. The number of carbonyl (C=O) groups is 2. The number of hydrogen-bond acceptors (Lipinski definition) is 3. The van der Waals surface area contributed by atoms with Crippen molar-refractivity contribution in [1.29, 1.82) is 0 Å². The molecule has 1 aromatic carbocycles. The van der Waals surface area contributed by atoms with Crippen LogP contribution in [0.1, 0.15) is 45.2 Å². The van der Waals surface area contributed by atoms with Gasteiger partial charge in [-0.25, -0.2) is 4.39 Å². The van der Waals surface area contributed by atoms with Crippen LogP contribution in [-0.4, -0.2) is 65.8 Å². The van der Waals surface area contributed by atoms with Crippen molar-refractivity contribution in [3.63, 3.8) is 0 Å². The zero-order valence-corrected chi connectivity index (χ0v) is 16.1. The first kappa shape index (κ1) is 20.4. The van der Waals surface area contributed by atoms with Crippen LogP contribution in [0.3, 0.4) is 0 Å². The Labute approximate surface area is 155 Å². The maximum absolute atomic E-state index is 13.1. The summed E-state index contributed by atoms with van der Waals surface area (Å²) in [5.74, 6) is -0.0241. The molecule has 1 aliphatic heterocycles. The van der Waals surface area contributed by atoms with Crippen LogP contribution in [0.4, 0.5) is 4.39 Å². The molecule has 2 rings (SSSR count). The smallest absolute Gasteiger partial charge is 0.237 e. The molecule has 0 aliphatic carbocycles. The molecule has 6 heteroatoms. The summed E-state index contributed by atoms with van der Waals surface area (Å²) in [4.78, 5) is 30.6. The fourth-order valence-electron chi connectivity index (χ4n) is 3.47. The number of amides is 2. The molecule has 1 fully saturated rings. The predicted molar refractivity (Wildman–Crippen MR) is 100 cm³/mol. The van der Waals surface area contributed by atoms with Crippen LogP contribution in [0.2, 0.25) is 0 Å². The van der Waals surface area contributed by atoms with E-state index in [2.05, 4.69) is 4.90 Å². The molecule has 1 unspecified atom stereocenters. The van der Waals surface area contributed by atoms with Gasteiger partial charge >= 0.3 is 0 Å². The summed E-state index contributed by atoms with van der Waals surface area (Å²) in [6, 6.07) is 6.22. The lowest BCUT2D eigenvalue weighted by atomic mass is 10.1. The number of benzene rings is 1. The van der Waals surface area contributed by atoms with Gasteiger partial charge in [0.2, 0.25) is 11.8 Å². The maximum Gasteiger partial charge on any atom is 0.237 e. The molecule has 0 bridgehead atoms. The molecule has 1 atom stereocenters. The summed E-state index contributed by atoms with van der Waals surface area (Å²) >= 11 is 0. The topological polar surface area (TPSA) is 43.9 Å². The molecule has 5 nitrogen and oxygen atoms in total. The Morgan fingerprint density at radius 2 is 1.81 bits per heavy atom. The fourth-order valence-corrected chi connectivity index (χ4v) is 3.47. The molecule has 0 N–H and O–H groups in total. The molecule has 0 saturated carbocycles. The highest BCUT2D eigenvalue weighted by Gasteiger charge is 2.24. The predicted octanol–water partition coefficient (Wildman–Crippen LogP) is 2.68. The minimum absolute atomic E-state index is 0.0691. The van der Waals surface area contributed by atoms with Crippen molar-refractivity contribution in [3.05, 3.63) is 35.6 Å². The SMILES string of the molecule is CCC(=O)N1CCCN(CC(=O)N(CC)C(C)c2ccc(F)cc2)CC1. The molecule has 0 spiro atoms. The lowest BCUT2D eigenvalue weighted by molar-refractivity contribution is -0.134. The first-order valence-corrected chi connectivity index (χ1v) is 9.51. The monoisotopic (exact) mass is 363 g/mol. The first-order valence-electron chi connectivity index (χ1n) is 9.51. The molecular weight excluding hydrogens is 333 g/mol. The molecule has 1 aliphatic rings. The van der Waals surface area contributed by atoms with Gasteiger partial charge in [-0.2, -0.15) is 0 Å². The molecule has 2 amide bonds. The standard InChI is InChI=1S/C20H30FN3O2/c1-4-19(25)23-12-6-11-22(13-14-23)15-20(26)24(5-2)16(3)17-7-9-18(21)10-8-17/h7-10,16H,4-6,11-15H2,1-3H3. The Morgan fingerprint density at radius 3 is 2.42 bits per heavy atom. The van der Waals surface area contributed by atoms with E-state index < -0.39 is 0 Å². The Balaban J connectivity index is 1.96. The minimum atomic E-state index is -0.272. The van der Waals surface area contributed by atoms with E-state index in [1.54, 1.807) is 12.1 Å². The number of likely N-dealkylation sites (N-methyl/N-ethyl adjacent to an activating group) is 1. The molecule has 0 aromatic heterocycles. The molecule has 1 aromatic rings. The van der Waals surface area contributed by atoms with Crippen LogP contribution in [0.25, 0.3) is 0 Å². The Bertz CT molecular complexity index is 606. The van der Waals surface area contributed by atoms with Crippen molar-refractivity contribution in [1.82, 2.24) is 14.7 Å². The van der Waals surface area contributed by atoms with Crippen LogP contribution >= 0.6 is 0 Å². The number of rotatable bonds is 6. The van der Waals surface area contributed by atoms with Crippen molar-refractivity contribution in [2.45, 2.75) is 39.7 Å². The van der Waals surface area contributed by atoms with Gasteiger partial charge in [0.25, 0.3) is 0 Å². The zero-order valence-electron chi connectivity index (χ0n) is 16.1. The maximum atomic E-state index is 13.1. The summed E-state index contributed by atoms with van der Waals surface area (Å²) < 4.78 is 13.1. The second-order valence-electron chi connectivity index (χ2n) is 6.77. The van der Waals surface area contributed by atoms with E-state index in [0.29, 0.717) is 26.1 Å². The summed E-state index contributed by atoms with van der Waals surface area (Å²) in [6.07, 6.45) is 1.41. The first-order chi connectivity index (χ1) is 12.5. The molecule has 1 heterocycles. The second kappa shape index (κ2) is 9.67. The van der Waals surface area contributed by atoms with E-state index in [0.717, 1.165) is 31.6 Å². The van der Waals surface area contributed by atoms with E-state index >= 15 is 0 Å². The van der Waals surface area contributed by atoms with Gasteiger partial charge in [0.1, 0.15) is 5.82 Å². The van der Waals surface area contributed by atoms with Gasteiger partial charge < -0.3 is 9.80 Å². The van der Waals surface area contributed by atoms with Crippen molar-refractivity contribution in [2.75, 3.05) is 39.3 Å². The van der Waals surface area contributed by atoms with Crippen molar-refractivity contribution >= 4 is 11.8 Å². The third kappa shape index (κ3) is 5.27. The van der Waals surface area contributed by atoms with E-state index in [-0.39, 0.29) is 23.7 Å². The third-order valence-corrected chi connectivity index (χ3v) is 5.08. The molecule has 144 valence electrons. The lowest BCUT2D eigenvalue weighted by Gasteiger charge is -2.31. The second-order valence-corrected chi connectivity index (χ2v) is 6.77. The van der Waals surface area contributed by atoms with Crippen molar-refractivity contribution in [3.8, 4) is 0 Å². The average molecular weight is 363 g/mol. The van der Waals surface area contributed by atoms with Crippen LogP contribution in [-0.2, 0) is 9.59 Å². The highest BCUT2D eigenvalue weighted by Crippen LogP contribution is 2.21. The Hall–Kier alpha value is -1.95. The summed E-state index contributed by atoms with van der Waals surface area (Å²) in [5, 5.41) is 0. The third-order valence-electron chi connectivity index (χ3n) is 5.08. The molecule has 1 saturated heterocycles. The normalized spacial score (nSPS) is 16.8. The number of halogens is 1. The van der Waals surface area contributed by atoms with E-state index in [1.165, 1.54) is 12.1 Å². The Morgan fingerprint density at radius 1 is 1.12 bits per heavy atom. The fraction of sp³-hybridized carbons (Fsp3) is 0.600. The quantitative estimate of drug-likeness (QED) is 0.781. The summed E-state index contributed by atoms with van der Waals surface area (Å²) in [5.41, 5.74) is 0.928. The highest BCUT2D eigenvalue weighted by atomic mass is 19.1. The van der Waals surface area contributed by atoms with Gasteiger partial charge in [-0.1, -0.05) is 19.1 Å². The molecule has 26 heavy (non-hydrogen) atoms. The van der Waals surface area contributed by atoms with Crippen molar-refractivity contribution in [2.24, 2.45) is 0 Å². The average Bonchev–Trinajstić information content (AvgIpc) is 2.87. The number of carbonyl (C=O) groups excluding carboxylic acids is 2. The van der Waals surface area contributed by atoms with Gasteiger partial charge in [-0.05, 0) is 38.0 Å². The number of hydrogen-bond donors (Lipinski definition) is 0. The highest BCUT2D eigenvalue weighted by molar-refractivity contribution is 5.79. The minimum Gasteiger partial charge on any atom is -0.341 e. The van der Waals surface area contributed by atoms with E-state index in [1.807, 2.05) is 30.6 Å². The van der Waals surface area contributed by atoms with Crippen LogP contribution in [0.5, 0.6) is 0 Å². The summed E-state index contributed by atoms with van der Waals surface area (Å²) in [6.45, 7) is 9.76. The van der Waals surface area contributed by atoms with Gasteiger partial charge in [0.15, 0.2) is 0 Å². The van der Waals surface area contributed by atoms with Gasteiger partial charge in [-0.3, -0.25) is 14.5 Å². The largest absolute Gasteiger partial charge is 0.341 e. The van der Waals surface area contributed by atoms with Crippen molar-refractivity contribution < 1.29 is 14.0 Å². The van der Waals surface area contributed by atoms with Gasteiger partial charge in [0, 0.05) is 39.1 Å². The Kier molecular flexibility index (Phi) is 7.57. The van der Waals surface area contributed by atoms with Gasteiger partial charge in [-0.15, -0.1) is 0 Å². The van der Waals surface area contributed by atoms with E-state index in [4.69, 9.17) is 0 Å². The molecule has 0 radical (unpaired) electrons. The molecular formula is C20H30FN3O2.